The molecular formula is C7HBrClF2NS. The molecule has 0 amide bonds. The summed E-state index contributed by atoms with van der Waals surface area (Å²) in [6.45, 7) is 0. The van der Waals surface area contributed by atoms with Gasteiger partial charge >= 0.3 is 0 Å². The highest BCUT2D eigenvalue weighted by atomic mass is 79.9. The van der Waals surface area contributed by atoms with Crippen molar-refractivity contribution in [1.29, 1.82) is 0 Å². The minimum absolute atomic E-state index is 0.262. The number of fused-ring (bicyclic) bond motifs is 1. The van der Waals surface area contributed by atoms with E-state index in [-0.39, 0.29) is 10.2 Å². The average molecular weight is 285 g/mol. The average Bonchev–Trinajstić information content (AvgIpc) is 2.42. The van der Waals surface area contributed by atoms with Crippen LogP contribution in [0.15, 0.2) is 9.98 Å². The third-order valence-corrected chi connectivity index (χ3v) is 3.35. The van der Waals surface area contributed by atoms with Crippen molar-refractivity contribution in [2.45, 2.75) is 0 Å². The Morgan fingerprint density at radius 1 is 1.46 bits per heavy atom. The summed E-state index contributed by atoms with van der Waals surface area (Å²) in [7, 11) is 0. The lowest BCUT2D eigenvalue weighted by atomic mass is 10.3. The minimum Gasteiger partial charge on any atom is -0.229 e. The molecular weight excluding hydrogens is 284 g/mol. The van der Waals surface area contributed by atoms with Crippen LogP contribution in [0.3, 0.4) is 0 Å². The van der Waals surface area contributed by atoms with Crippen molar-refractivity contribution in [1.82, 2.24) is 4.98 Å². The van der Waals surface area contributed by atoms with E-state index in [1.807, 2.05) is 0 Å². The zero-order chi connectivity index (χ0) is 9.59. The van der Waals surface area contributed by atoms with Gasteiger partial charge < -0.3 is 0 Å². The van der Waals surface area contributed by atoms with Crippen LogP contribution in [0.4, 0.5) is 8.78 Å². The van der Waals surface area contributed by atoms with Crippen molar-refractivity contribution in [3.05, 3.63) is 26.6 Å². The molecule has 1 nitrogen and oxygen atoms in total. The number of hydrogen-bond acceptors (Lipinski definition) is 2. The van der Waals surface area contributed by atoms with Gasteiger partial charge in [-0.05, 0) is 15.9 Å². The topological polar surface area (TPSA) is 12.9 Å². The monoisotopic (exact) mass is 283 g/mol. The zero-order valence-corrected chi connectivity index (χ0v) is 9.10. The zero-order valence-electron chi connectivity index (χ0n) is 5.94. The minimum atomic E-state index is -0.788. The van der Waals surface area contributed by atoms with Gasteiger partial charge in [-0.15, -0.1) is 11.3 Å². The van der Waals surface area contributed by atoms with Crippen LogP contribution in [-0.4, -0.2) is 4.98 Å². The second-order valence-electron chi connectivity index (χ2n) is 2.30. The second kappa shape index (κ2) is 3.15. The van der Waals surface area contributed by atoms with Crippen molar-refractivity contribution in [2.24, 2.45) is 0 Å². The van der Waals surface area contributed by atoms with Crippen LogP contribution < -0.4 is 0 Å². The molecule has 13 heavy (non-hydrogen) atoms. The van der Waals surface area contributed by atoms with Crippen LogP contribution in [-0.2, 0) is 0 Å². The van der Waals surface area contributed by atoms with Gasteiger partial charge in [-0.3, -0.25) is 0 Å². The van der Waals surface area contributed by atoms with E-state index in [9.17, 15) is 8.78 Å². The van der Waals surface area contributed by atoms with Gasteiger partial charge in [-0.2, -0.15) is 0 Å². The molecule has 1 aromatic carbocycles. The molecule has 0 N–H and O–H groups in total. The number of benzene rings is 1. The summed E-state index contributed by atoms with van der Waals surface area (Å²) in [6, 6.07) is 1.11. The number of aromatic nitrogens is 1. The maximum Gasteiger partial charge on any atom is 0.164 e. The normalized spacial score (nSPS) is 11.1. The second-order valence-corrected chi connectivity index (χ2v) is 4.95. The Bertz CT molecular complexity index is 485. The summed E-state index contributed by atoms with van der Waals surface area (Å²) >= 11 is 9.54. The SMILES string of the molecule is Fc1cc2nc(Br)sc2c(F)c1Cl. The number of thiazole rings is 1. The fourth-order valence-corrected chi connectivity index (χ4v) is 2.54. The molecule has 0 spiro atoms. The first kappa shape index (κ1) is 9.30. The summed E-state index contributed by atoms with van der Waals surface area (Å²) in [5, 5.41) is -0.483. The Morgan fingerprint density at radius 2 is 2.15 bits per heavy atom. The highest BCUT2D eigenvalue weighted by molar-refractivity contribution is 9.11. The van der Waals surface area contributed by atoms with Crippen molar-refractivity contribution in [2.75, 3.05) is 0 Å². The first-order chi connectivity index (χ1) is 6.09. The highest BCUT2D eigenvalue weighted by Gasteiger charge is 2.14. The van der Waals surface area contributed by atoms with Crippen LogP contribution in [0.25, 0.3) is 10.2 Å². The van der Waals surface area contributed by atoms with Crippen LogP contribution >= 0.6 is 38.9 Å². The largest absolute Gasteiger partial charge is 0.229 e. The Kier molecular flexibility index (Phi) is 2.25. The smallest absolute Gasteiger partial charge is 0.164 e. The molecule has 0 atom stereocenters. The molecule has 0 aliphatic carbocycles. The van der Waals surface area contributed by atoms with Crippen LogP contribution in [0, 0.1) is 11.6 Å². The molecule has 0 saturated heterocycles. The lowest BCUT2D eigenvalue weighted by molar-refractivity contribution is 0.593. The summed E-state index contributed by atoms with van der Waals surface area (Å²) in [5.41, 5.74) is 0.274. The van der Waals surface area contributed by atoms with Gasteiger partial charge in [0.25, 0.3) is 0 Å². The first-order valence-electron chi connectivity index (χ1n) is 3.19. The summed E-state index contributed by atoms with van der Waals surface area (Å²) in [6.07, 6.45) is 0. The van der Waals surface area contributed by atoms with Gasteiger partial charge in [0.1, 0.15) is 10.8 Å². The number of hydrogen-bond donors (Lipinski definition) is 0. The molecule has 0 aliphatic heterocycles. The maximum absolute atomic E-state index is 13.3. The van der Waals surface area contributed by atoms with Crippen LogP contribution in [0.2, 0.25) is 5.02 Å². The number of halogens is 4. The number of rotatable bonds is 0. The molecule has 2 aromatic rings. The van der Waals surface area contributed by atoms with E-state index in [1.54, 1.807) is 0 Å². The highest BCUT2D eigenvalue weighted by Crippen LogP contribution is 2.33. The predicted molar refractivity (Wildman–Crippen MR) is 52.2 cm³/mol. The van der Waals surface area contributed by atoms with Crippen molar-refractivity contribution < 1.29 is 8.78 Å². The summed E-state index contributed by atoms with van der Waals surface area (Å²) in [4.78, 5) is 3.87. The van der Waals surface area contributed by atoms with Gasteiger partial charge in [0.2, 0.25) is 0 Å². The van der Waals surface area contributed by atoms with Gasteiger partial charge in [0.05, 0.1) is 10.2 Å². The van der Waals surface area contributed by atoms with E-state index >= 15 is 0 Å². The van der Waals surface area contributed by atoms with E-state index in [2.05, 4.69) is 20.9 Å². The Balaban J connectivity index is 2.92. The molecule has 68 valence electrons. The molecule has 0 fully saturated rings. The maximum atomic E-state index is 13.3. The third-order valence-electron chi connectivity index (χ3n) is 1.49. The molecule has 2 rings (SSSR count). The van der Waals surface area contributed by atoms with Gasteiger partial charge in [0, 0.05) is 6.07 Å². The van der Waals surface area contributed by atoms with Crippen molar-refractivity contribution in [3.8, 4) is 0 Å². The van der Waals surface area contributed by atoms with E-state index in [0.717, 1.165) is 17.4 Å². The lowest BCUT2D eigenvalue weighted by Crippen LogP contribution is -1.83. The predicted octanol–water partition coefficient (Wildman–Crippen LogP) is 3.99. The van der Waals surface area contributed by atoms with Crippen molar-refractivity contribution >= 4 is 49.1 Å². The molecule has 6 heteroatoms. The molecule has 0 saturated carbocycles. The quantitative estimate of drug-likeness (QED) is 0.667. The Hall–Kier alpha value is -0.260. The summed E-state index contributed by atoms with van der Waals surface area (Å²) < 4.78 is 26.9. The van der Waals surface area contributed by atoms with Gasteiger partial charge in [-0.1, -0.05) is 11.6 Å². The first-order valence-corrected chi connectivity index (χ1v) is 5.18. The van der Waals surface area contributed by atoms with Gasteiger partial charge in [-0.25, -0.2) is 13.8 Å². The van der Waals surface area contributed by atoms with Crippen LogP contribution in [0.1, 0.15) is 0 Å². The van der Waals surface area contributed by atoms with Gasteiger partial charge in [0.15, 0.2) is 9.73 Å². The van der Waals surface area contributed by atoms with Crippen LogP contribution in [0.5, 0.6) is 0 Å². The van der Waals surface area contributed by atoms with E-state index in [4.69, 9.17) is 11.6 Å². The lowest BCUT2D eigenvalue weighted by Gasteiger charge is -1.95. The molecule has 0 bridgehead atoms. The molecule has 0 unspecified atom stereocenters. The molecule has 1 aromatic heterocycles. The fraction of sp³-hybridized carbons (Fsp3) is 0. The van der Waals surface area contributed by atoms with E-state index in [1.165, 1.54) is 0 Å². The summed E-state index contributed by atoms with van der Waals surface area (Å²) in [5.74, 6) is -1.54. The van der Waals surface area contributed by atoms with E-state index in [0.29, 0.717) is 3.92 Å². The molecule has 0 radical (unpaired) electrons. The third kappa shape index (κ3) is 1.45. The standard InChI is InChI=1S/C7HBrClF2NS/c8-7-12-3-1-2(10)4(9)5(11)6(3)13-7/h1H. The molecule has 1 heterocycles. The fourth-order valence-electron chi connectivity index (χ4n) is 0.948. The Labute approximate surface area is 89.5 Å². The molecule has 0 aliphatic rings. The Morgan fingerprint density at radius 3 is 2.85 bits per heavy atom. The van der Waals surface area contributed by atoms with E-state index < -0.39 is 16.7 Å². The van der Waals surface area contributed by atoms with Crippen molar-refractivity contribution in [3.63, 3.8) is 0 Å². The number of nitrogens with zero attached hydrogens (tertiary/aromatic N) is 1.